The molecular weight excluding hydrogens is 213 g/mol. The average Bonchev–Trinajstić information content (AvgIpc) is 2.25. The van der Waals surface area contributed by atoms with Gasteiger partial charge in [-0.3, -0.25) is 4.79 Å². The molecule has 1 aromatic carbocycles. The van der Waals surface area contributed by atoms with Crippen molar-refractivity contribution >= 4 is 5.97 Å². The van der Waals surface area contributed by atoms with Crippen LogP contribution >= 0.6 is 0 Å². The summed E-state index contributed by atoms with van der Waals surface area (Å²) in [5.74, 6) is -0.894. The van der Waals surface area contributed by atoms with Crippen LogP contribution in [-0.2, 0) is 11.2 Å². The molecule has 0 radical (unpaired) electrons. The molecule has 0 saturated heterocycles. The lowest BCUT2D eigenvalue weighted by atomic mass is 10.0. The van der Waals surface area contributed by atoms with E-state index in [-0.39, 0.29) is 12.2 Å². The van der Waals surface area contributed by atoms with E-state index in [2.05, 4.69) is 0 Å². The van der Waals surface area contributed by atoms with Crippen LogP contribution in [-0.4, -0.2) is 24.2 Å². The zero-order valence-corrected chi connectivity index (χ0v) is 8.94. The van der Waals surface area contributed by atoms with Crippen LogP contribution in [0, 0.1) is 5.82 Å². The Labute approximate surface area is 92.8 Å². The Bertz CT molecular complexity index is 381. The van der Waals surface area contributed by atoms with Gasteiger partial charge in [-0.25, -0.2) is 4.39 Å². The van der Waals surface area contributed by atoms with Crippen molar-refractivity contribution in [2.45, 2.75) is 18.9 Å². The van der Waals surface area contributed by atoms with E-state index < -0.39 is 12.0 Å². The minimum Gasteiger partial charge on any atom is -0.496 e. The fourth-order valence-electron chi connectivity index (χ4n) is 1.38. The number of rotatable bonds is 5. The van der Waals surface area contributed by atoms with Gasteiger partial charge in [0.25, 0.3) is 0 Å². The number of carbonyl (C=O) groups is 1. The molecule has 1 unspecified atom stereocenters. The number of aryl methyl sites for hydroxylation is 1. The van der Waals surface area contributed by atoms with E-state index in [1.165, 1.54) is 25.3 Å². The molecule has 0 heterocycles. The lowest BCUT2D eigenvalue weighted by Gasteiger charge is -2.10. The van der Waals surface area contributed by atoms with Crippen molar-refractivity contribution < 1.29 is 19.0 Å². The number of halogens is 1. The maximum Gasteiger partial charge on any atom is 0.320 e. The maximum absolute atomic E-state index is 13.0. The molecule has 0 spiro atoms. The van der Waals surface area contributed by atoms with Crippen LogP contribution in [0.1, 0.15) is 12.0 Å². The molecule has 5 heteroatoms. The summed E-state index contributed by atoms with van der Waals surface area (Å²) >= 11 is 0. The minimum atomic E-state index is -1.06. The molecule has 0 aliphatic heterocycles. The molecule has 3 N–H and O–H groups in total. The second-order valence-electron chi connectivity index (χ2n) is 3.44. The van der Waals surface area contributed by atoms with Crippen LogP contribution in [0.25, 0.3) is 0 Å². The van der Waals surface area contributed by atoms with Crippen molar-refractivity contribution in [2.75, 3.05) is 7.11 Å². The van der Waals surface area contributed by atoms with E-state index in [4.69, 9.17) is 15.6 Å². The molecule has 0 bridgehead atoms. The summed E-state index contributed by atoms with van der Waals surface area (Å²) < 4.78 is 18.0. The summed E-state index contributed by atoms with van der Waals surface area (Å²) in [4.78, 5) is 10.5. The lowest BCUT2D eigenvalue weighted by Crippen LogP contribution is -2.30. The normalized spacial score (nSPS) is 12.2. The smallest absolute Gasteiger partial charge is 0.320 e. The van der Waals surface area contributed by atoms with Crippen molar-refractivity contribution in [3.05, 3.63) is 29.6 Å². The Hall–Kier alpha value is -1.62. The van der Waals surface area contributed by atoms with Crippen LogP contribution < -0.4 is 10.5 Å². The summed E-state index contributed by atoms with van der Waals surface area (Å²) in [5, 5.41) is 8.61. The molecule has 4 nitrogen and oxygen atoms in total. The summed E-state index contributed by atoms with van der Waals surface area (Å²) in [5.41, 5.74) is 5.98. The molecule has 0 amide bonds. The van der Waals surface area contributed by atoms with Crippen LogP contribution in [0.2, 0.25) is 0 Å². The highest BCUT2D eigenvalue weighted by Gasteiger charge is 2.13. The summed E-state index contributed by atoms with van der Waals surface area (Å²) in [7, 11) is 1.48. The zero-order valence-electron chi connectivity index (χ0n) is 8.94. The van der Waals surface area contributed by atoms with Crippen LogP contribution in [0.15, 0.2) is 18.2 Å². The number of carboxylic acids is 1. The Morgan fingerprint density at radius 3 is 2.88 bits per heavy atom. The molecular formula is C11H14FNO3. The third kappa shape index (κ3) is 3.20. The molecule has 1 atom stereocenters. The highest BCUT2D eigenvalue weighted by molar-refractivity contribution is 5.73. The topological polar surface area (TPSA) is 72.5 Å². The quantitative estimate of drug-likeness (QED) is 0.792. The number of benzene rings is 1. The fraction of sp³-hybridized carbons (Fsp3) is 0.364. The van der Waals surface area contributed by atoms with Crippen molar-refractivity contribution in [3.8, 4) is 5.75 Å². The zero-order chi connectivity index (χ0) is 12.1. The SMILES string of the molecule is COc1ccc(F)cc1CCC(N)C(=O)O. The van der Waals surface area contributed by atoms with Gasteiger partial charge in [0.15, 0.2) is 0 Å². The average molecular weight is 227 g/mol. The second-order valence-corrected chi connectivity index (χ2v) is 3.44. The first-order valence-electron chi connectivity index (χ1n) is 4.85. The van der Waals surface area contributed by atoms with E-state index in [1.54, 1.807) is 0 Å². The number of nitrogens with two attached hydrogens (primary N) is 1. The van der Waals surface area contributed by atoms with Gasteiger partial charge in [0.2, 0.25) is 0 Å². The number of aliphatic carboxylic acids is 1. The van der Waals surface area contributed by atoms with Gasteiger partial charge in [-0.2, -0.15) is 0 Å². The number of carboxylic acid groups (broad SMARTS) is 1. The number of hydrogen-bond donors (Lipinski definition) is 2. The van der Waals surface area contributed by atoms with Gasteiger partial charge >= 0.3 is 5.97 Å². The monoisotopic (exact) mass is 227 g/mol. The molecule has 1 rings (SSSR count). The Morgan fingerprint density at radius 1 is 1.62 bits per heavy atom. The van der Waals surface area contributed by atoms with Gasteiger partial charge in [0.05, 0.1) is 7.11 Å². The summed E-state index contributed by atoms with van der Waals surface area (Å²) in [6.07, 6.45) is 0.615. The molecule has 1 aromatic rings. The number of methoxy groups -OCH3 is 1. The van der Waals surface area contributed by atoms with Crippen LogP contribution in [0.3, 0.4) is 0 Å². The van der Waals surface area contributed by atoms with Crippen molar-refractivity contribution in [2.24, 2.45) is 5.73 Å². The number of hydrogen-bond acceptors (Lipinski definition) is 3. The summed E-state index contributed by atoms with van der Waals surface area (Å²) in [6.45, 7) is 0. The summed E-state index contributed by atoms with van der Waals surface area (Å²) in [6, 6.07) is 3.19. The first-order valence-corrected chi connectivity index (χ1v) is 4.85. The lowest BCUT2D eigenvalue weighted by molar-refractivity contribution is -0.138. The predicted molar refractivity (Wildman–Crippen MR) is 56.9 cm³/mol. The van der Waals surface area contributed by atoms with E-state index in [0.717, 1.165) is 0 Å². The van der Waals surface area contributed by atoms with Crippen LogP contribution in [0.5, 0.6) is 5.75 Å². The Kier molecular flexibility index (Phi) is 4.25. The Balaban J connectivity index is 2.72. The van der Waals surface area contributed by atoms with Crippen molar-refractivity contribution in [1.29, 1.82) is 0 Å². The molecule has 0 fully saturated rings. The largest absolute Gasteiger partial charge is 0.496 e. The standard InChI is InChI=1S/C11H14FNO3/c1-16-10-5-3-8(12)6-7(10)2-4-9(13)11(14)15/h3,5-6,9H,2,4,13H2,1H3,(H,14,15). The van der Waals surface area contributed by atoms with E-state index in [0.29, 0.717) is 17.7 Å². The highest BCUT2D eigenvalue weighted by atomic mass is 19.1. The third-order valence-corrected chi connectivity index (χ3v) is 2.28. The van der Waals surface area contributed by atoms with Crippen LogP contribution in [0.4, 0.5) is 4.39 Å². The second kappa shape index (κ2) is 5.46. The molecule has 88 valence electrons. The molecule has 16 heavy (non-hydrogen) atoms. The van der Waals surface area contributed by atoms with E-state index in [1.807, 2.05) is 0 Å². The van der Waals surface area contributed by atoms with Crippen molar-refractivity contribution in [1.82, 2.24) is 0 Å². The number of ether oxygens (including phenoxy) is 1. The van der Waals surface area contributed by atoms with E-state index in [9.17, 15) is 9.18 Å². The Morgan fingerprint density at radius 2 is 2.31 bits per heavy atom. The maximum atomic E-state index is 13.0. The third-order valence-electron chi connectivity index (χ3n) is 2.28. The first-order chi connectivity index (χ1) is 7.54. The highest BCUT2D eigenvalue weighted by Crippen LogP contribution is 2.21. The van der Waals surface area contributed by atoms with E-state index >= 15 is 0 Å². The molecule has 0 saturated carbocycles. The first kappa shape index (κ1) is 12.4. The van der Waals surface area contributed by atoms with Gasteiger partial charge < -0.3 is 15.6 Å². The predicted octanol–water partition coefficient (Wildman–Crippen LogP) is 1.18. The van der Waals surface area contributed by atoms with Gasteiger partial charge in [-0.1, -0.05) is 0 Å². The molecule has 0 aliphatic carbocycles. The van der Waals surface area contributed by atoms with Gasteiger partial charge in [0.1, 0.15) is 17.6 Å². The molecule has 0 aliphatic rings. The van der Waals surface area contributed by atoms with Gasteiger partial charge in [-0.15, -0.1) is 0 Å². The van der Waals surface area contributed by atoms with Gasteiger partial charge in [-0.05, 0) is 36.6 Å². The fourth-order valence-corrected chi connectivity index (χ4v) is 1.38. The molecule has 0 aromatic heterocycles. The van der Waals surface area contributed by atoms with Crippen molar-refractivity contribution in [3.63, 3.8) is 0 Å². The minimum absolute atomic E-state index is 0.245. The van der Waals surface area contributed by atoms with Gasteiger partial charge in [0, 0.05) is 0 Å².